The lowest BCUT2D eigenvalue weighted by atomic mass is 9.73. The van der Waals surface area contributed by atoms with E-state index in [2.05, 4.69) is 12.2 Å². The minimum atomic E-state index is -0.166. The third-order valence-corrected chi connectivity index (χ3v) is 4.10. The number of hydrogen-bond donors (Lipinski definition) is 2. The normalized spacial score (nSPS) is 28.1. The summed E-state index contributed by atoms with van der Waals surface area (Å²) >= 11 is 0. The van der Waals surface area contributed by atoms with E-state index in [0.717, 1.165) is 19.3 Å². The Kier molecular flexibility index (Phi) is 6.65. The molecule has 0 bridgehead atoms. The van der Waals surface area contributed by atoms with Gasteiger partial charge in [0.25, 0.3) is 0 Å². The van der Waals surface area contributed by atoms with Crippen LogP contribution >= 0.6 is 0 Å². The van der Waals surface area contributed by atoms with Gasteiger partial charge in [-0.15, -0.1) is 0 Å². The molecule has 1 aliphatic rings. The van der Waals surface area contributed by atoms with Crippen LogP contribution < -0.4 is 11.1 Å². The van der Waals surface area contributed by atoms with Crippen molar-refractivity contribution in [2.75, 3.05) is 19.8 Å². The van der Waals surface area contributed by atoms with E-state index in [-0.39, 0.29) is 11.4 Å². The molecule has 1 aliphatic carbocycles. The summed E-state index contributed by atoms with van der Waals surface area (Å²) in [5.41, 5.74) is 5.75. The van der Waals surface area contributed by atoms with Crippen LogP contribution in [0.25, 0.3) is 0 Å². The number of carbonyl (C=O) groups excluding carboxylic acids is 1. The summed E-state index contributed by atoms with van der Waals surface area (Å²) in [5, 5.41) is 3.19. The number of hydrogen-bond acceptors (Lipinski definition) is 3. The van der Waals surface area contributed by atoms with Crippen molar-refractivity contribution in [3.63, 3.8) is 0 Å². The molecule has 1 amide bonds. The summed E-state index contributed by atoms with van der Waals surface area (Å²) in [5.74, 6) is 0.598. The molecule has 0 aromatic heterocycles. The molecule has 3 N–H and O–H groups in total. The first-order valence-electron chi connectivity index (χ1n) is 7.23. The molecule has 0 heterocycles. The fourth-order valence-electron chi connectivity index (χ4n) is 2.77. The summed E-state index contributed by atoms with van der Waals surface area (Å²) in [6.07, 6.45) is 5.92. The van der Waals surface area contributed by atoms with Crippen LogP contribution in [-0.2, 0) is 9.53 Å². The maximum Gasteiger partial charge on any atom is 0.220 e. The van der Waals surface area contributed by atoms with E-state index in [9.17, 15) is 4.79 Å². The van der Waals surface area contributed by atoms with Crippen LogP contribution in [0.15, 0.2) is 0 Å². The molecular weight excluding hydrogens is 228 g/mol. The smallest absolute Gasteiger partial charge is 0.220 e. The summed E-state index contributed by atoms with van der Waals surface area (Å²) in [6.45, 7) is 6.09. The Morgan fingerprint density at radius 3 is 2.89 bits per heavy atom. The molecule has 1 rings (SSSR count). The van der Waals surface area contributed by atoms with E-state index in [0.29, 0.717) is 32.1 Å². The van der Waals surface area contributed by atoms with Crippen LogP contribution in [0.3, 0.4) is 0 Å². The predicted molar refractivity (Wildman–Crippen MR) is 73.3 cm³/mol. The lowest BCUT2D eigenvalue weighted by molar-refractivity contribution is -0.124. The first-order valence-corrected chi connectivity index (χ1v) is 7.23. The molecule has 106 valence electrons. The van der Waals surface area contributed by atoms with Gasteiger partial charge in [0.1, 0.15) is 0 Å². The monoisotopic (exact) mass is 256 g/mol. The van der Waals surface area contributed by atoms with Gasteiger partial charge in [-0.3, -0.25) is 4.79 Å². The molecule has 2 atom stereocenters. The highest BCUT2D eigenvalue weighted by Crippen LogP contribution is 2.32. The maximum atomic E-state index is 12.0. The van der Waals surface area contributed by atoms with E-state index < -0.39 is 0 Å². The summed E-state index contributed by atoms with van der Waals surface area (Å²) in [7, 11) is 0. The van der Waals surface area contributed by atoms with Crippen LogP contribution in [0.2, 0.25) is 0 Å². The van der Waals surface area contributed by atoms with E-state index in [1.165, 1.54) is 12.8 Å². The fraction of sp³-hybridized carbons (Fsp3) is 0.929. The lowest BCUT2D eigenvalue weighted by Gasteiger charge is -2.42. The second kappa shape index (κ2) is 7.74. The van der Waals surface area contributed by atoms with Crippen molar-refractivity contribution in [1.29, 1.82) is 0 Å². The minimum Gasteiger partial charge on any atom is -0.382 e. The topological polar surface area (TPSA) is 64.3 Å². The standard InChI is InChI=1S/C14H28N2O2/c1-3-18-10-6-8-13(17)16-14(11-15)9-5-4-7-12(14)2/h12H,3-11,15H2,1-2H3,(H,16,17). The Bertz CT molecular complexity index is 258. The van der Waals surface area contributed by atoms with Crippen molar-refractivity contribution in [2.24, 2.45) is 11.7 Å². The van der Waals surface area contributed by atoms with Gasteiger partial charge in [0.05, 0.1) is 5.54 Å². The lowest BCUT2D eigenvalue weighted by Crippen LogP contribution is -2.59. The average molecular weight is 256 g/mol. The van der Waals surface area contributed by atoms with Crippen molar-refractivity contribution in [3.05, 3.63) is 0 Å². The van der Waals surface area contributed by atoms with Crippen LogP contribution in [0.4, 0.5) is 0 Å². The van der Waals surface area contributed by atoms with Crippen LogP contribution in [0.1, 0.15) is 52.4 Å². The Hall–Kier alpha value is -0.610. The highest BCUT2D eigenvalue weighted by molar-refractivity contribution is 5.76. The highest BCUT2D eigenvalue weighted by atomic mass is 16.5. The van der Waals surface area contributed by atoms with Crippen LogP contribution in [-0.4, -0.2) is 31.2 Å². The molecule has 0 spiro atoms. The van der Waals surface area contributed by atoms with Crippen molar-refractivity contribution in [1.82, 2.24) is 5.32 Å². The van der Waals surface area contributed by atoms with Gasteiger partial charge in [-0.25, -0.2) is 0 Å². The first kappa shape index (κ1) is 15.4. The third-order valence-electron chi connectivity index (χ3n) is 4.10. The van der Waals surface area contributed by atoms with Gasteiger partial charge in [0.15, 0.2) is 0 Å². The van der Waals surface area contributed by atoms with Gasteiger partial charge in [0.2, 0.25) is 5.91 Å². The van der Waals surface area contributed by atoms with Gasteiger partial charge >= 0.3 is 0 Å². The molecule has 0 radical (unpaired) electrons. The molecule has 0 aliphatic heterocycles. The molecule has 1 saturated carbocycles. The molecule has 4 heteroatoms. The Balaban J connectivity index is 2.39. The van der Waals surface area contributed by atoms with Crippen molar-refractivity contribution in [2.45, 2.75) is 57.9 Å². The number of nitrogens with two attached hydrogens (primary N) is 1. The molecular formula is C14H28N2O2. The Labute approximate surface area is 111 Å². The Morgan fingerprint density at radius 1 is 1.50 bits per heavy atom. The second-order valence-electron chi connectivity index (χ2n) is 5.36. The first-order chi connectivity index (χ1) is 8.64. The van der Waals surface area contributed by atoms with E-state index >= 15 is 0 Å². The van der Waals surface area contributed by atoms with Crippen molar-refractivity contribution < 1.29 is 9.53 Å². The Morgan fingerprint density at radius 2 is 2.28 bits per heavy atom. The molecule has 0 saturated heterocycles. The van der Waals surface area contributed by atoms with Crippen molar-refractivity contribution in [3.8, 4) is 0 Å². The molecule has 18 heavy (non-hydrogen) atoms. The predicted octanol–water partition coefficient (Wildman–Crippen LogP) is 1.83. The van der Waals surface area contributed by atoms with E-state index in [4.69, 9.17) is 10.5 Å². The zero-order valence-electron chi connectivity index (χ0n) is 11.8. The molecule has 0 aromatic carbocycles. The van der Waals surface area contributed by atoms with Gasteiger partial charge in [-0.05, 0) is 32.1 Å². The minimum absolute atomic E-state index is 0.119. The zero-order chi connectivity index (χ0) is 13.4. The molecule has 1 fully saturated rings. The molecule has 0 aromatic rings. The zero-order valence-corrected chi connectivity index (χ0v) is 11.8. The maximum absolute atomic E-state index is 12.0. The van der Waals surface area contributed by atoms with Gasteiger partial charge in [-0.1, -0.05) is 19.8 Å². The quantitative estimate of drug-likeness (QED) is 0.683. The number of amides is 1. The fourth-order valence-corrected chi connectivity index (χ4v) is 2.77. The van der Waals surface area contributed by atoms with Crippen LogP contribution in [0, 0.1) is 5.92 Å². The molecule has 4 nitrogen and oxygen atoms in total. The van der Waals surface area contributed by atoms with Gasteiger partial charge < -0.3 is 15.8 Å². The second-order valence-corrected chi connectivity index (χ2v) is 5.36. The summed E-state index contributed by atoms with van der Waals surface area (Å²) in [6, 6.07) is 0. The average Bonchev–Trinajstić information content (AvgIpc) is 2.37. The van der Waals surface area contributed by atoms with Gasteiger partial charge in [-0.2, -0.15) is 0 Å². The SMILES string of the molecule is CCOCCCC(=O)NC1(CN)CCCCC1C. The number of carbonyl (C=O) groups is 1. The number of nitrogens with one attached hydrogen (secondary N) is 1. The number of rotatable bonds is 7. The highest BCUT2D eigenvalue weighted by Gasteiger charge is 2.37. The summed E-state index contributed by atoms with van der Waals surface area (Å²) in [4.78, 5) is 12.0. The van der Waals surface area contributed by atoms with E-state index in [1.54, 1.807) is 0 Å². The third kappa shape index (κ3) is 4.25. The van der Waals surface area contributed by atoms with Gasteiger partial charge in [0, 0.05) is 26.2 Å². The number of ether oxygens (including phenoxy) is 1. The van der Waals surface area contributed by atoms with Crippen LogP contribution in [0.5, 0.6) is 0 Å². The van der Waals surface area contributed by atoms with Crippen molar-refractivity contribution >= 4 is 5.91 Å². The summed E-state index contributed by atoms with van der Waals surface area (Å²) < 4.78 is 5.24. The van der Waals surface area contributed by atoms with E-state index in [1.807, 2.05) is 6.92 Å². The molecule has 2 unspecified atom stereocenters. The largest absolute Gasteiger partial charge is 0.382 e.